The molecule has 1 aliphatic heterocycles. The minimum Gasteiger partial charge on any atom is -0.383 e. The second-order valence-corrected chi connectivity index (χ2v) is 8.74. The van der Waals surface area contributed by atoms with Crippen LogP contribution in [0.4, 0.5) is 11.6 Å². The molecule has 1 aliphatic carbocycles. The number of anilines is 2. The Labute approximate surface area is 161 Å². The summed E-state index contributed by atoms with van der Waals surface area (Å²) in [7, 11) is -1.30. The van der Waals surface area contributed by atoms with Gasteiger partial charge in [0.25, 0.3) is 0 Å². The Morgan fingerprint density at radius 3 is 2.59 bits per heavy atom. The van der Waals surface area contributed by atoms with Gasteiger partial charge < -0.3 is 5.73 Å². The van der Waals surface area contributed by atoms with Gasteiger partial charge in [0.2, 0.25) is 11.1 Å². The highest BCUT2D eigenvalue weighted by Gasteiger charge is 2.33. The Morgan fingerprint density at radius 2 is 1.85 bits per heavy atom. The van der Waals surface area contributed by atoms with E-state index in [9.17, 15) is 9.00 Å². The molecule has 0 saturated heterocycles. The molecule has 1 fully saturated rings. The second-order valence-electron chi connectivity index (χ2n) is 7.35. The number of nitrogen functional groups attached to an aromatic ring is 1. The van der Waals surface area contributed by atoms with Crippen LogP contribution in [0, 0.1) is 5.92 Å². The van der Waals surface area contributed by atoms with Crippen molar-refractivity contribution in [3.8, 4) is 0 Å². The lowest BCUT2D eigenvalue weighted by Crippen LogP contribution is -2.27. The Morgan fingerprint density at radius 1 is 1.11 bits per heavy atom. The van der Waals surface area contributed by atoms with Crippen molar-refractivity contribution < 1.29 is 9.00 Å². The average Bonchev–Trinajstić information content (AvgIpc) is 3.00. The summed E-state index contributed by atoms with van der Waals surface area (Å²) >= 11 is 0. The summed E-state index contributed by atoms with van der Waals surface area (Å²) in [6.07, 6.45) is 6.10. The smallest absolute Gasteiger partial charge is 0.233 e. The van der Waals surface area contributed by atoms with Gasteiger partial charge in [-0.1, -0.05) is 49.6 Å². The van der Waals surface area contributed by atoms with Crippen molar-refractivity contribution in [2.24, 2.45) is 5.92 Å². The number of amides is 1. The number of nitrogens with zero attached hydrogens (tertiary/aromatic N) is 3. The number of aromatic nitrogens is 2. The lowest BCUT2D eigenvalue weighted by Gasteiger charge is -2.21. The van der Waals surface area contributed by atoms with Crippen LogP contribution in [0.5, 0.6) is 0 Å². The first-order valence-electron chi connectivity index (χ1n) is 9.51. The molecule has 142 valence electrons. The van der Waals surface area contributed by atoms with Gasteiger partial charge in [-0.15, -0.1) is 0 Å². The molecule has 1 aromatic carbocycles. The standard InChI is InChI=1S/C20H24N4O2S/c21-18-16-11-17(25)24(12-14-7-3-1-4-8-14)19(16)23-20(22-18)27(26)13-15-9-5-2-6-10-15/h1,3-4,7-8,15H,2,5-6,9-13H2,(H2,21,22,23). The van der Waals surface area contributed by atoms with E-state index in [1.807, 2.05) is 30.3 Å². The highest BCUT2D eigenvalue weighted by molar-refractivity contribution is 7.84. The van der Waals surface area contributed by atoms with E-state index in [2.05, 4.69) is 9.97 Å². The molecule has 2 aromatic rings. The van der Waals surface area contributed by atoms with Gasteiger partial charge in [0.05, 0.1) is 23.8 Å². The summed E-state index contributed by atoms with van der Waals surface area (Å²) < 4.78 is 12.8. The summed E-state index contributed by atoms with van der Waals surface area (Å²) in [6, 6.07) is 9.76. The monoisotopic (exact) mass is 384 g/mol. The van der Waals surface area contributed by atoms with E-state index in [0.717, 1.165) is 18.4 Å². The molecule has 4 rings (SSSR count). The van der Waals surface area contributed by atoms with Crippen molar-refractivity contribution in [1.29, 1.82) is 0 Å². The molecule has 2 aliphatic rings. The highest BCUT2D eigenvalue weighted by Crippen LogP contribution is 2.33. The third-order valence-corrected chi connectivity index (χ3v) is 6.74. The van der Waals surface area contributed by atoms with E-state index >= 15 is 0 Å². The van der Waals surface area contributed by atoms with Crippen molar-refractivity contribution >= 4 is 28.3 Å². The van der Waals surface area contributed by atoms with Crippen molar-refractivity contribution in [3.05, 3.63) is 41.5 Å². The maximum atomic E-state index is 12.8. The summed E-state index contributed by atoms with van der Waals surface area (Å²) in [5.41, 5.74) is 7.76. The third kappa shape index (κ3) is 3.88. The topological polar surface area (TPSA) is 89.2 Å². The molecular weight excluding hydrogens is 360 g/mol. The lowest BCUT2D eigenvalue weighted by molar-refractivity contribution is -0.117. The van der Waals surface area contributed by atoms with Crippen molar-refractivity contribution in [3.63, 3.8) is 0 Å². The van der Waals surface area contributed by atoms with E-state index in [1.165, 1.54) is 19.3 Å². The minimum atomic E-state index is -1.30. The number of hydrogen-bond donors (Lipinski definition) is 1. The number of nitrogens with two attached hydrogens (primary N) is 1. The fraction of sp³-hybridized carbons (Fsp3) is 0.450. The quantitative estimate of drug-likeness (QED) is 0.801. The van der Waals surface area contributed by atoms with Gasteiger partial charge in [0, 0.05) is 11.3 Å². The number of fused-ring (bicyclic) bond motifs is 1. The lowest BCUT2D eigenvalue weighted by atomic mass is 9.91. The van der Waals surface area contributed by atoms with Crippen LogP contribution in [0.25, 0.3) is 0 Å². The SMILES string of the molecule is Nc1nc(S(=O)CC2CCCCC2)nc2c1CC(=O)N2Cc1ccccc1. The molecule has 27 heavy (non-hydrogen) atoms. The van der Waals surface area contributed by atoms with Gasteiger partial charge in [0.15, 0.2) is 0 Å². The van der Waals surface area contributed by atoms with Crippen LogP contribution in [0.1, 0.15) is 43.2 Å². The number of carbonyl (C=O) groups excluding carboxylic acids is 1. The minimum absolute atomic E-state index is 0.0509. The number of rotatable bonds is 5. The first kappa shape index (κ1) is 18.1. The van der Waals surface area contributed by atoms with Crippen LogP contribution in [-0.4, -0.2) is 25.8 Å². The predicted molar refractivity (Wildman–Crippen MR) is 106 cm³/mol. The predicted octanol–water partition coefficient (Wildman–Crippen LogP) is 2.84. The molecule has 1 atom stereocenters. The first-order valence-corrected chi connectivity index (χ1v) is 10.8. The van der Waals surface area contributed by atoms with Crippen molar-refractivity contribution in [2.45, 2.75) is 50.2 Å². The highest BCUT2D eigenvalue weighted by atomic mass is 32.2. The number of benzene rings is 1. The Bertz CT molecular complexity index is 866. The van der Waals surface area contributed by atoms with Crippen LogP contribution < -0.4 is 10.6 Å². The molecule has 1 aromatic heterocycles. The molecule has 1 saturated carbocycles. The summed E-state index contributed by atoms with van der Waals surface area (Å²) in [4.78, 5) is 22.9. The maximum absolute atomic E-state index is 12.8. The van der Waals surface area contributed by atoms with Gasteiger partial charge in [-0.3, -0.25) is 13.9 Å². The van der Waals surface area contributed by atoms with Gasteiger partial charge in [-0.2, -0.15) is 0 Å². The maximum Gasteiger partial charge on any atom is 0.233 e. The van der Waals surface area contributed by atoms with E-state index in [4.69, 9.17) is 5.73 Å². The third-order valence-electron chi connectivity index (χ3n) is 5.38. The van der Waals surface area contributed by atoms with Crippen LogP contribution >= 0.6 is 0 Å². The summed E-state index contributed by atoms with van der Waals surface area (Å²) in [5, 5.41) is 0.254. The van der Waals surface area contributed by atoms with Crippen LogP contribution in [0.2, 0.25) is 0 Å². The second kappa shape index (κ2) is 7.76. The zero-order valence-electron chi connectivity index (χ0n) is 15.3. The Kier molecular flexibility index (Phi) is 5.20. The summed E-state index contributed by atoms with van der Waals surface area (Å²) in [6.45, 7) is 0.428. The Hall–Kier alpha value is -2.28. The van der Waals surface area contributed by atoms with E-state index in [0.29, 0.717) is 29.6 Å². The van der Waals surface area contributed by atoms with Crippen molar-refractivity contribution in [1.82, 2.24) is 9.97 Å². The zero-order valence-corrected chi connectivity index (χ0v) is 16.1. The summed E-state index contributed by atoms with van der Waals surface area (Å²) in [5.74, 6) is 1.77. The first-order chi connectivity index (χ1) is 13.1. The molecule has 0 bridgehead atoms. The van der Waals surface area contributed by atoms with E-state index in [1.54, 1.807) is 4.90 Å². The molecule has 0 radical (unpaired) electrons. The average molecular weight is 385 g/mol. The molecule has 1 unspecified atom stereocenters. The largest absolute Gasteiger partial charge is 0.383 e. The molecule has 6 nitrogen and oxygen atoms in total. The Balaban J connectivity index is 1.58. The molecule has 2 heterocycles. The molecule has 1 amide bonds. The van der Waals surface area contributed by atoms with Crippen LogP contribution in [0.15, 0.2) is 35.5 Å². The van der Waals surface area contributed by atoms with E-state index < -0.39 is 10.8 Å². The van der Waals surface area contributed by atoms with Gasteiger partial charge in [0.1, 0.15) is 11.6 Å². The van der Waals surface area contributed by atoms with E-state index in [-0.39, 0.29) is 23.3 Å². The number of hydrogen-bond acceptors (Lipinski definition) is 5. The van der Waals surface area contributed by atoms with Crippen LogP contribution in [0.3, 0.4) is 0 Å². The van der Waals surface area contributed by atoms with Gasteiger partial charge in [-0.25, -0.2) is 9.97 Å². The zero-order chi connectivity index (χ0) is 18.8. The van der Waals surface area contributed by atoms with Gasteiger partial charge in [-0.05, 0) is 24.3 Å². The van der Waals surface area contributed by atoms with Crippen LogP contribution in [-0.2, 0) is 28.6 Å². The van der Waals surface area contributed by atoms with Gasteiger partial charge >= 0.3 is 0 Å². The normalized spacial score (nSPS) is 18.5. The fourth-order valence-corrected chi connectivity index (χ4v) is 5.20. The fourth-order valence-electron chi connectivity index (χ4n) is 3.90. The molecular formula is C20H24N4O2S. The molecule has 2 N–H and O–H groups in total. The molecule has 0 spiro atoms. The number of carbonyl (C=O) groups is 1. The van der Waals surface area contributed by atoms with Crippen molar-refractivity contribution in [2.75, 3.05) is 16.4 Å². The molecule has 7 heteroatoms.